The van der Waals surface area contributed by atoms with E-state index in [1.807, 2.05) is 0 Å². The molecule has 0 spiro atoms. The molecular formula is C13H24N2O2S. The van der Waals surface area contributed by atoms with Gasteiger partial charge in [-0.3, -0.25) is 0 Å². The highest BCUT2D eigenvalue weighted by Gasteiger charge is 2.11. The van der Waals surface area contributed by atoms with E-state index >= 15 is 0 Å². The van der Waals surface area contributed by atoms with Gasteiger partial charge in [0.15, 0.2) is 0 Å². The van der Waals surface area contributed by atoms with Crippen LogP contribution in [0.4, 0.5) is 0 Å². The van der Waals surface area contributed by atoms with Crippen molar-refractivity contribution in [1.82, 2.24) is 4.98 Å². The zero-order valence-corrected chi connectivity index (χ0v) is 12.3. The van der Waals surface area contributed by atoms with Crippen LogP contribution in [-0.4, -0.2) is 38.0 Å². The molecule has 4 nitrogen and oxygen atoms in total. The number of nitrogens with two attached hydrogens (primary N) is 1. The third-order valence-corrected chi connectivity index (χ3v) is 3.75. The quantitative estimate of drug-likeness (QED) is 0.697. The summed E-state index contributed by atoms with van der Waals surface area (Å²) in [5.74, 6) is 0.493. The first kappa shape index (κ1) is 15.6. The van der Waals surface area contributed by atoms with Crippen LogP contribution >= 0.6 is 11.3 Å². The minimum absolute atomic E-state index is 0.193. The standard InChI is InChI=1S/C13H24N2O2S/c1-10(2)12(14)8-11-9-18-13(15-11)4-5-17-7-6-16-3/h9-10,12H,4-8,14H2,1-3H3. The highest BCUT2D eigenvalue weighted by Crippen LogP contribution is 2.14. The molecule has 2 N–H and O–H groups in total. The molecule has 1 rings (SSSR count). The summed E-state index contributed by atoms with van der Waals surface area (Å²) in [5, 5.41) is 3.23. The van der Waals surface area contributed by atoms with E-state index in [9.17, 15) is 0 Å². The van der Waals surface area contributed by atoms with Gasteiger partial charge in [0, 0.05) is 31.4 Å². The lowest BCUT2D eigenvalue weighted by atomic mass is 10.0. The van der Waals surface area contributed by atoms with Crippen LogP contribution in [0.3, 0.4) is 0 Å². The van der Waals surface area contributed by atoms with Crippen LogP contribution in [-0.2, 0) is 22.3 Å². The fraction of sp³-hybridized carbons (Fsp3) is 0.769. The molecule has 1 heterocycles. The Morgan fingerprint density at radius 3 is 2.78 bits per heavy atom. The van der Waals surface area contributed by atoms with E-state index in [0.717, 1.165) is 23.5 Å². The Morgan fingerprint density at radius 1 is 1.33 bits per heavy atom. The monoisotopic (exact) mass is 272 g/mol. The third-order valence-electron chi connectivity index (χ3n) is 2.79. The van der Waals surface area contributed by atoms with Crippen molar-refractivity contribution in [3.63, 3.8) is 0 Å². The van der Waals surface area contributed by atoms with Crippen molar-refractivity contribution in [3.05, 3.63) is 16.1 Å². The van der Waals surface area contributed by atoms with Crippen molar-refractivity contribution in [2.24, 2.45) is 11.7 Å². The molecule has 0 fully saturated rings. The lowest BCUT2D eigenvalue weighted by Gasteiger charge is -2.13. The summed E-state index contributed by atoms with van der Waals surface area (Å²) in [6.45, 7) is 6.27. The molecule has 0 aliphatic rings. The largest absolute Gasteiger partial charge is 0.382 e. The zero-order valence-electron chi connectivity index (χ0n) is 11.5. The first-order valence-electron chi connectivity index (χ1n) is 6.39. The molecule has 1 aromatic heterocycles. The van der Waals surface area contributed by atoms with Gasteiger partial charge in [-0.15, -0.1) is 11.3 Å². The third kappa shape index (κ3) is 5.91. The maximum absolute atomic E-state index is 6.04. The number of hydrogen-bond acceptors (Lipinski definition) is 5. The van der Waals surface area contributed by atoms with E-state index in [2.05, 4.69) is 24.2 Å². The second kappa shape index (κ2) is 8.58. The molecule has 18 heavy (non-hydrogen) atoms. The molecule has 1 atom stereocenters. The molecule has 0 saturated heterocycles. The van der Waals surface area contributed by atoms with Gasteiger partial charge in [0.2, 0.25) is 0 Å². The first-order chi connectivity index (χ1) is 8.63. The number of methoxy groups -OCH3 is 1. The Kier molecular flexibility index (Phi) is 7.42. The van der Waals surface area contributed by atoms with Gasteiger partial charge in [0.25, 0.3) is 0 Å². The molecule has 1 aromatic rings. The van der Waals surface area contributed by atoms with E-state index in [4.69, 9.17) is 15.2 Å². The minimum Gasteiger partial charge on any atom is -0.382 e. The van der Waals surface area contributed by atoms with Gasteiger partial charge in [-0.2, -0.15) is 0 Å². The summed E-state index contributed by atoms with van der Waals surface area (Å²) < 4.78 is 10.3. The lowest BCUT2D eigenvalue weighted by Crippen LogP contribution is -2.28. The van der Waals surface area contributed by atoms with Crippen LogP contribution in [0.1, 0.15) is 24.5 Å². The fourth-order valence-electron chi connectivity index (χ4n) is 1.44. The minimum atomic E-state index is 0.193. The highest BCUT2D eigenvalue weighted by molar-refractivity contribution is 7.09. The van der Waals surface area contributed by atoms with Crippen LogP contribution in [0, 0.1) is 5.92 Å². The van der Waals surface area contributed by atoms with Crippen LogP contribution in [0.2, 0.25) is 0 Å². The number of thiazole rings is 1. The molecular weight excluding hydrogens is 248 g/mol. The van der Waals surface area contributed by atoms with Gasteiger partial charge in [-0.25, -0.2) is 4.98 Å². The average Bonchev–Trinajstić information content (AvgIpc) is 2.76. The van der Waals surface area contributed by atoms with Gasteiger partial charge < -0.3 is 15.2 Å². The molecule has 0 aliphatic carbocycles. The molecule has 5 heteroatoms. The van der Waals surface area contributed by atoms with E-state index < -0.39 is 0 Å². The summed E-state index contributed by atoms with van der Waals surface area (Å²) in [6, 6.07) is 0.193. The number of rotatable bonds is 9. The van der Waals surface area contributed by atoms with Crippen molar-refractivity contribution in [2.75, 3.05) is 26.9 Å². The summed E-state index contributed by atoms with van der Waals surface area (Å²) >= 11 is 1.69. The maximum atomic E-state index is 6.04. The van der Waals surface area contributed by atoms with E-state index in [-0.39, 0.29) is 6.04 Å². The van der Waals surface area contributed by atoms with Crippen LogP contribution in [0.25, 0.3) is 0 Å². The van der Waals surface area contributed by atoms with Crippen molar-refractivity contribution in [3.8, 4) is 0 Å². The Balaban J connectivity index is 2.26. The summed E-state index contributed by atoms with van der Waals surface area (Å²) in [5.41, 5.74) is 7.14. The van der Waals surface area contributed by atoms with Crippen LogP contribution in [0.15, 0.2) is 5.38 Å². The zero-order chi connectivity index (χ0) is 13.4. The number of hydrogen-bond donors (Lipinski definition) is 1. The molecule has 0 saturated carbocycles. The summed E-state index contributed by atoms with van der Waals surface area (Å²) in [6.07, 6.45) is 1.73. The fourth-order valence-corrected chi connectivity index (χ4v) is 2.23. The lowest BCUT2D eigenvalue weighted by molar-refractivity contribution is 0.0722. The maximum Gasteiger partial charge on any atom is 0.0951 e. The normalized spacial score (nSPS) is 13.2. The SMILES string of the molecule is COCCOCCc1nc(CC(N)C(C)C)cs1. The molecule has 0 bridgehead atoms. The summed E-state index contributed by atoms with van der Waals surface area (Å²) in [7, 11) is 1.68. The number of ether oxygens (including phenoxy) is 2. The van der Waals surface area contributed by atoms with Crippen LogP contribution < -0.4 is 5.73 Å². The van der Waals surface area contributed by atoms with Gasteiger partial charge in [0.1, 0.15) is 0 Å². The molecule has 104 valence electrons. The predicted octanol–water partition coefficient (Wildman–Crippen LogP) is 1.87. The Hall–Kier alpha value is -0.490. The number of nitrogens with zero attached hydrogens (tertiary/aromatic N) is 1. The van der Waals surface area contributed by atoms with Gasteiger partial charge in [-0.05, 0) is 5.92 Å². The molecule has 0 radical (unpaired) electrons. The molecule has 0 aromatic carbocycles. The Labute approximate surface area is 114 Å². The molecule has 0 aliphatic heterocycles. The van der Waals surface area contributed by atoms with Gasteiger partial charge in [-0.1, -0.05) is 13.8 Å². The van der Waals surface area contributed by atoms with E-state index in [1.54, 1.807) is 18.4 Å². The average molecular weight is 272 g/mol. The molecule has 0 amide bonds. The Morgan fingerprint density at radius 2 is 2.11 bits per heavy atom. The van der Waals surface area contributed by atoms with E-state index in [1.165, 1.54) is 0 Å². The summed E-state index contributed by atoms with van der Waals surface area (Å²) in [4.78, 5) is 4.58. The second-order valence-corrected chi connectivity index (χ2v) is 5.64. The molecule has 1 unspecified atom stereocenters. The van der Waals surface area contributed by atoms with Gasteiger partial charge in [0.05, 0.1) is 30.5 Å². The second-order valence-electron chi connectivity index (χ2n) is 4.70. The van der Waals surface area contributed by atoms with Gasteiger partial charge >= 0.3 is 0 Å². The number of aromatic nitrogens is 1. The van der Waals surface area contributed by atoms with Crippen molar-refractivity contribution < 1.29 is 9.47 Å². The first-order valence-corrected chi connectivity index (χ1v) is 7.27. The van der Waals surface area contributed by atoms with Crippen LogP contribution in [0.5, 0.6) is 0 Å². The highest BCUT2D eigenvalue weighted by atomic mass is 32.1. The van der Waals surface area contributed by atoms with Crippen molar-refractivity contribution >= 4 is 11.3 Å². The predicted molar refractivity (Wildman–Crippen MR) is 75.0 cm³/mol. The smallest absolute Gasteiger partial charge is 0.0951 e. The Bertz CT molecular complexity index is 329. The topological polar surface area (TPSA) is 57.4 Å². The van der Waals surface area contributed by atoms with E-state index in [0.29, 0.717) is 25.7 Å². The van der Waals surface area contributed by atoms with Crippen molar-refractivity contribution in [2.45, 2.75) is 32.7 Å². The van der Waals surface area contributed by atoms with Crippen molar-refractivity contribution in [1.29, 1.82) is 0 Å².